The number of hydrogen-bond acceptors (Lipinski definition) is 16. The molecule has 0 aromatic carbocycles. The lowest BCUT2D eigenvalue weighted by molar-refractivity contribution is -0.117. The van der Waals surface area contributed by atoms with E-state index in [0.717, 1.165) is 19.3 Å². The Balaban J connectivity index is 0.000000164. The van der Waals surface area contributed by atoms with Crippen LogP contribution in [0.1, 0.15) is 59.2 Å². The van der Waals surface area contributed by atoms with E-state index in [0.29, 0.717) is 89.1 Å². The van der Waals surface area contributed by atoms with Crippen molar-refractivity contribution < 1.29 is 29.0 Å². The highest BCUT2D eigenvalue weighted by molar-refractivity contribution is 6.01. The van der Waals surface area contributed by atoms with E-state index in [9.17, 15) is 29.0 Å². The molecule has 8 heterocycles. The summed E-state index contributed by atoms with van der Waals surface area (Å²) in [7, 11) is 5.12. The number of pyridine rings is 2. The summed E-state index contributed by atoms with van der Waals surface area (Å²) in [5, 5.41) is 49.8. The molecule has 10 rings (SSSR count). The van der Waals surface area contributed by atoms with Gasteiger partial charge in [-0.25, -0.2) is 19.9 Å². The maximum atomic E-state index is 14.1. The Morgan fingerprint density at radius 2 is 1.29 bits per heavy atom. The number of carbonyl (C=O) groups excluding carboxylic acids is 3. The van der Waals surface area contributed by atoms with Crippen molar-refractivity contribution in [2.24, 2.45) is 7.05 Å². The highest BCUT2D eigenvalue weighted by Crippen LogP contribution is 2.28. The number of nitrogens with one attached hydrogen (secondary N) is 6. The van der Waals surface area contributed by atoms with Crippen molar-refractivity contribution in [1.29, 1.82) is 0 Å². The molecule has 3 fully saturated rings. The number of aliphatic hydroxyl groups is 2. The van der Waals surface area contributed by atoms with E-state index in [2.05, 4.69) is 67.1 Å². The summed E-state index contributed by atoms with van der Waals surface area (Å²) in [5.74, 6) is 2.46. The predicted molar refractivity (Wildman–Crippen MR) is 237 cm³/mol. The van der Waals surface area contributed by atoms with Gasteiger partial charge in [0.2, 0.25) is 11.9 Å². The number of aliphatic hydroxyl groups excluding tert-OH is 2. The molecule has 336 valence electrons. The van der Waals surface area contributed by atoms with Gasteiger partial charge in [0.05, 0.1) is 47.9 Å². The lowest BCUT2D eigenvalue weighted by Gasteiger charge is -2.32. The summed E-state index contributed by atoms with van der Waals surface area (Å²) in [6.07, 6.45) is 7.61. The monoisotopic (exact) mass is 887 g/mol. The molecule has 0 spiro atoms. The summed E-state index contributed by atoms with van der Waals surface area (Å²) in [5.41, 5.74) is 2.01. The van der Waals surface area contributed by atoms with Crippen LogP contribution in [-0.4, -0.2) is 122 Å². The normalized spacial score (nSPS) is 18.9. The summed E-state index contributed by atoms with van der Waals surface area (Å²) < 4.78 is 18.5. The van der Waals surface area contributed by atoms with Crippen LogP contribution in [0.3, 0.4) is 0 Å². The Morgan fingerprint density at radius 1 is 0.738 bits per heavy atom. The van der Waals surface area contributed by atoms with Gasteiger partial charge in [-0.15, -0.1) is 5.10 Å². The molecule has 22 nitrogen and oxygen atoms in total. The molecule has 8 N–H and O–H groups in total. The zero-order chi connectivity index (χ0) is 45.4. The quantitative estimate of drug-likeness (QED) is 0.0876. The third-order valence-corrected chi connectivity index (χ3v) is 11.5. The number of nitrogens with zero attached hydrogens (tertiary/aromatic N) is 11. The zero-order valence-electron chi connectivity index (χ0n) is 35.5. The second kappa shape index (κ2) is 17.8. The molecule has 65 heavy (non-hydrogen) atoms. The molecule has 7 aromatic rings. The van der Waals surface area contributed by atoms with Gasteiger partial charge in [0, 0.05) is 52.4 Å². The first kappa shape index (κ1) is 42.5. The number of rotatable bonds is 12. The van der Waals surface area contributed by atoms with E-state index in [-0.39, 0.29) is 40.9 Å². The number of aromatic nitrogens is 10. The van der Waals surface area contributed by atoms with Gasteiger partial charge in [-0.1, -0.05) is 12.1 Å². The SMILES string of the molecule is CNc1cc(Nc2cccc(-c3cn(C)nc3F)n2)nc2c(C(=O)N[C@H]3CC[C@H]3O)cnn12.CNc1cc(Nc2cccc(N3CCCC3=O)n2)nc2c(C(=O)N[C@H]3CC[C@H]3O)cnn12. The van der Waals surface area contributed by atoms with Crippen molar-refractivity contribution in [2.75, 3.05) is 46.8 Å². The number of aryl methyl sites for hydroxylation is 1. The molecule has 3 aliphatic rings. The number of amides is 3. The van der Waals surface area contributed by atoms with Crippen LogP contribution in [0.25, 0.3) is 22.6 Å². The van der Waals surface area contributed by atoms with Crippen molar-refractivity contribution in [1.82, 2.24) is 59.6 Å². The van der Waals surface area contributed by atoms with Crippen LogP contribution >= 0.6 is 0 Å². The minimum Gasteiger partial charge on any atom is -0.391 e. The largest absolute Gasteiger partial charge is 0.391 e. The first-order valence-electron chi connectivity index (χ1n) is 21.0. The van der Waals surface area contributed by atoms with E-state index in [1.54, 1.807) is 79.2 Å². The van der Waals surface area contributed by atoms with Crippen molar-refractivity contribution >= 4 is 69.7 Å². The van der Waals surface area contributed by atoms with Crippen molar-refractivity contribution in [3.63, 3.8) is 0 Å². The van der Waals surface area contributed by atoms with Gasteiger partial charge in [-0.3, -0.25) is 24.0 Å². The van der Waals surface area contributed by atoms with Crippen LogP contribution in [-0.2, 0) is 11.8 Å². The fraction of sp³-hybridized carbons (Fsp3) is 0.333. The smallest absolute Gasteiger partial charge is 0.257 e. The number of hydrogen-bond donors (Lipinski definition) is 8. The lowest BCUT2D eigenvalue weighted by atomic mass is 9.89. The summed E-state index contributed by atoms with van der Waals surface area (Å²) in [6.45, 7) is 0.660. The van der Waals surface area contributed by atoms with Gasteiger partial charge in [0.25, 0.3) is 11.8 Å². The Bertz CT molecular complexity index is 2930. The molecule has 1 saturated heterocycles. The van der Waals surface area contributed by atoms with Crippen molar-refractivity contribution in [3.8, 4) is 11.3 Å². The Morgan fingerprint density at radius 3 is 1.75 bits per heavy atom. The van der Waals surface area contributed by atoms with Crippen molar-refractivity contribution in [2.45, 2.75) is 62.8 Å². The fourth-order valence-corrected chi connectivity index (χ4v) is 7.61. The molecule has 0 radical (unpaired) electrons. The molecule has 1 aliphatic heterocycles. The summed E-state index contributed by atoms with van der Waals surface area (Å²) in [6, 6.07) is 13.5. The van der Waals surface area contributed by atoms with Crippen molar-refractivity contribution in [3.05, 3.63) is 84.2 Å². The first-order chi connectivity index (χ1) is 31.5. The average molecular weight is 888 g/mol. The molecule has 4 atom stereocenters. The van der Waals surface area contributed by atoms with E-state index >= 15 is 0 Å². The third-order valence-electron chi connectivity index (χ3n) is 11.5. The lowest BCUT2D eigenvalue weighted by Crippen LogP contribution is -2.50. The van der Waals surface area contributed by atoms with Gasteiger partial charge < -0.3 is 42.1 Å². The van der Waals surface area contributed by atoms with Crippen LogP contribution in [0.2, 0.25) is 0 Å². The Labute approximate surface area is 369 Å². The summed E-state index contributed by atoms with van der Waals surface area (Å²) in [4.78, 5) is 57.4. The maximum Gasteiger partial charge on any atom is 0.257 e. The van der Waals surface area contributed by atoms with E-state index in [4.69, 9.17) is 0 Å². The molecule has 23 heteroatoms. The van der Waals surface area contributed by atoms with Gasteiger partial charge >= 0.3 is 0 Å². The van der Waals surface area contributed by atoms with Gasteiger partial charge in [0.15, 0.2) is 11.3 Å². The highest BCUT2D eigenvalue weighted by atomic mass is 19.1. The minimum atomic E-state index is -0.606. The molecule has 3 amide bonds. The van der Waals surface area contributed by atoms with Crippen LogP contribution in [0.4, 0.5) is 45.1 Å². The first-order valence-corrected chi connectivity index (χ1v) is 21.0. The van der Waals surface area contributed by atoms with E-state index in [1.165, 1.54) is 21.6 Å². The second-order valence-electron chi connectivity index (χ2n) is 15.8. The van der Waals surface area contributed by atoms with E-state index < -0.39 is 18.2 Å². The number of fused-ring (bicyclic) bond motifs is 2. The highest BCUT2D eigenvalue weighted by Gasteiger charge is 2.33. The standard InChI is InChI=1S/C21H22FN9O2.C21H24N8O3/c1-23-18-8-17(27-16-5-3-4-13(25-16)12-10-30(2)29-19(12)22)28-20-11(9-24-31(18)20)21(33)26-14-6-7-15(14)32;1-22-18-10-16(25-15-4-2-5-17(26-15)28-9-3-6-19(28)31)27-20-12(11-23-29(18)20)21(32)24-13-7-8-14(13)30/h3-5,8-10,14-15,23,32H,6-7H2,1-2H3,(H,26,33)(H,25,27,28);2,4-5,10-11,13-14,22,30H,3,6-9H2,1H3,(H,24,32)(H,25,26,27)/t14-,15+;13-,14+/m00/s1. The Kier molecular flexibility index (Phi) is 11.6. The predicted octanol–water partition coefficient (Wildman–Crippen LogP) is 2.99. The van der Waals surface area contributed by atoms with Gasteiger partial charge in [0.1, 0.15) is 51.9 Å². The topological polar surface area (TPSA) is 271 Å². The molecular formula is C42H46FN17O5. The molecular weight excluding hydrogens is 842 g/mol. The second-order valence-corrected chi connectivity index (χ2v) is 15.8. The molecule has 2 aliphatic carbocycles. The third kappa shape index (κ3) is 8.65. The van der Waals surface area contributed by atoms with Gasteiger partial charge in [-0.05, 0) is 56.4 Å². The average Bonchev–Trinajstić information content (AvgIpc) is 4.12. The van der Waals surface area contributed by atoms with Gasteiger partial charge in [-0.2, -0.15) is 23.6 Å². The molecule has 7 aromatic heterocycles. The zero-order valence-corrected chi connectivity index (χ0v) is 35.5. The van der Waals surface area contributed by atoms with Crippen LogP contribution < -0.4 is 36.8 Å². The summed E-state index contributed by atoms with van der Waals surface area (Å²) >= 11 is 0. The van der Waals surface area contributed by atoms with Crippen LogP contribution in [0, 0.1) is 5.95 Å². The van der Waals surface area contributed by atoms with E-state index in [1.807, 2.05) is 6.07 Å². The minimum absolute atomic E-state index is 0.0677. The number of anilines is 7. The van der Waals surface area contributed by atoms with Crippen LogP contribution in [0.15, 0.2) is 67.1 Å². The van der Waals surface area contributed by atoms with Crippen LogP contribution in [0.5, 0.6) is 0 Å². The molecule has 0 bridgehead atoms. The number of halogens is 1. The Hall–Kier alpha value is -7.79. The number of carbonyl (C=O) groups is 3. The fourth-order valence-electron chi connectivity index (χ4n) is 7.61. The maximum absolute atomic E-state index is 14.1. The molecule has 0 unspecified atom stereocenters. The molecule has 2 saturated carbocycles.